The summed E-state index contributed by atoms with van der Waals surface area (Å²) < 4.78 is 9.96. The molecule has 1 amide bonds. The van der Waals surface area contributed by atoms with Gasteiger partial charge < -0.3 is 14.5 Å². The van der Waals surface area contributed by atoms with Gasteiger partial charge in [-0.15, -0.1) is 0 Å². The van der Waals surface area contributed by atoms with E-state index in [1.807, 2.05) is 6.92 Å². The smallest absolute Gasteiger partial charge is 0.408 e. The Morgan fingerprint density at radius 2 is 2.11 bits per heavy atom. The van der Waals surface area contributed by atoms with Crippen molar-refractivity contribution in [3.05, 3.63) is 24.2 Å². The summed E-state index contributed by atoms with van der Waals surface area (Å²) in [6, 6.07) is 0.972. The molecule has 0 aliphatic rings. The molecular weight excluding hydrogens is 234 g/mol. The van der Waals surface area contributed by atoms with Crippen molar-refractivity contribution in [3.63, 3.8) is 0 Å². The van der Waals surface area contributed by atoms with E-state index in [4.69, 9.17) is 9.15 Å². The molecule has 0 aromatic carbocycles. The number of Topliss-reactive ketones (excluding diaryl/α,β-unsaturated/α-hetero) is 1. The molecule has 1 rings (SSSR count). The van der Waals surface area contributed by atoms with Gasteiger partial charge >= 0.3 is 6.09 Å². The van der Waals surface area contributed by atoms with E-state index in [2.05, 4.69) is 5.32 Å². The van der Waals surface area contributed by atoms with Gasteiger partial charge in [-0.1, -0.05) is 6.92 Å². The maximum atomic E-state index is 12.0. The van der Waals surface area contributed by atoms with Crippen molar-refractivity contribution in [2.75, 3.05) is 0 Å². The first-order valence-electron chi connectivity index (χ1n) is 5.89. The Labute approximate surface area is 106 Å². The number of rotatable bonds is 4. The first-order valence-corrected chi connectivity index (χ1v) is 5.89. The van der Waals surface area contributed by atoms with Crippen LogP contribution in [0, 0.1) is 0 Å². The summed E-state index contributed by atoms with van der Waals surface area (Å²) in [5.74, 6) is -0.183. The number of hydrogen-bond acceptors (Lipinski definition) is 4. The van der Waals surface area contributed by atoms with Gasteiger partial charge in [-0.25, -0.2) is 4.79 Å². The lowest BCUT2D eigenvalue weighted by Crippen LogP contribution is -2.43. The zero-order valence-corrected chi connectivity index (χ0v) is 11.1. The van der Waals surface area contributed by atoms with E-state index in [1.165, 1.54) is 12.5 Å². The van der Waals surface area contributed by atoms with Crippen LogP contribution >= 0.6 is 0 Å². The monoisotopic (exact) mass is 253 g/mol. The van der Waals surface area contributed by atoms with Crippen LogP contribution in [0.3, 0.4) is 0 Å². The Hall–Kier alpha value is -1.78. The Morgan fingerprint density at radius 1 is 1.44 bits per heavy atom. The van der Waals surface area contributed by atoms with Crippen molar-refractivity contribution in [1.82, 2.24) is 5.32 Å². The third-order valence-electron chi connectivity index (χ3n) is 2.22. The summed E-state index contributed by atoms with van der Waals surface area (Å²) in [7, 11) is 0. The summed E-state index contributed by atoms with van der Waals surface area (Å²) in [6.07, 6.45) is 2.68. The van der Waals surface area contributed by atoms with E-state index in [1.54, 1.807) is 26.8 Å². The summed E-state index contributed by atoms with van der Waals surface area (Å²) >= 11 is 0. The zero-order valence-electron chi connectivity index (χ0n) is 11.1. The van der Waals surface area contributed by atoms with Gasteiger partial charge in [0.05, 0.1) is 17.9 Å². The lowest BCUT2D eigenvalue weighted by atomic mass is 10.1. The van der Waals surface area contributed by atoms with Crippen molar-refractivity contribution in [3.8, 4) is 0 Å². The largest absolute Gasteiger partial charge is 0.472 e. The van der Waals surface area contributed by atoms with Crippen LogP contribution in [0.5, 0.6) is 0 Å². The van der Waals surface area contributed by atoms with Crippen molar-refractivity contribution in [1.29, 1.82) is 0 Å². The van der Waals surface area contributed by atoms with Crippen LogP contribution in [0.25, 0.3) is 0 Å². The highest BCUT2D eigenvalue weighted by molar-refractivity contribution is 6.01. The molecule has 0 bridgehead atoms. The highest BCUT2D eigenvalue weighted by Gasteiger charge is 2.24. The Kier molecular flexibility index (Phi) is 4.53. The molecular formula is C13H19NO4. The number of ketones is 1. The highest BCUT2D eigenvalue weighted by Crippen LogP contribution is 2.10. The van der Waals surface area contributed by atoms with Gasteiger partial charge in [0.25, 0.3) is 0 Å². The molecule has 1 aromatic heterocycles. The van der Waals surface area contributed by atoms with Gasteiger partial charge in [0, 0.05) is 0 Å². The van der Waals surface area contributed by atoms with E-state index in [0.29, 0.717) is 12.0 Å². The molecule has 100 valence electrons. The maximum absolute atomic E-state index is 12.0. The van der Waals surface area contributed by atoms with E-state index in [0.717, 1.165) is 0 Å². The molecule has 1 atom stereocenters. The molecule has 1 aromatic rings. The van der Waals surface area contributed by atoms with E-state index in [-0.39, 0.29) is 5.78 Å². The van der Waals surface area contributed by atoms with E-state index < -0.39 is 17.7 Å². The number of carbonyl (C=O) groups excluding carboxylic acids is 2. The third-order valence-corrected chi connectivity index (χ3v) is 2.22. The Morgan fingerprint density at radius 3 is 2.56 bits per heavy atom. The molecule has 5 nitrogen and oxygen atoms in total. The number of carbonyl (C=O) groups is 2. The third kappa shape index (κ3) is 4.24. The molecule has 0 unspecified atom stereocenters. The van der Waals surface area contributed by atoms with Gasteiger partial charge in [0.1, 0.15) is 11.9 Å². The predicted octanol–water partition coefficient (Wildman–Crippen LogP) is 2.77. The predicted molar refractivity (Wildman–Crippen MR) is 66.5 cm³/mol. The molecule has 0 spiro atoms. The Bertz CT molecular complexity index is 403. The lowest BCUT2D eigenvalue weighted by molar-refractivity contribution is 0.0490. The SMILES string of the molecule is CC[C@@H](NC(=O)OC(C)(C)C)C(=O)c1ccoc1. The summed E-state index contributed by atoms with van der Waals surface area (Å²) in [6.45, 7) is 7.13. The average Bonchev–Trinajstić information content (AvgIpc) is 2.75. The second kappa shape index (κ2) is 5.71. The molecule has 0 aliphatic heterocycles. The Balaban J connectivity index is 2.63. The van der Waals surface area contributed by atoms with Crippen LogP contribution in [0.4, 0.5) is 4.79 Å². The fourth-order valence-corrected chi connectivity index (χ4v) is 1.41. The number of furan rings is 1. The summed E-state index contributed by atoms with van der Waals surface area (Å²) in [5, 5.41) is 2.56. The van der Waals surface area contributed by atoms with Gasteiger partial charge in [-0.3, -0.25) is 4.79 Å². The molecule has 0 fully saturated rings. The molecule has 0 saturated carbocycles. The summed E-state index contributed by atoms with van der Waals surface area (Å²) in [5.41, 5.74) is -0.140. The average molecular weight is 253 g/mol. The fraction of sp³-hybridized carbons (Fsp3) is 0.538. The minimum atomic E-state index is -0.600. The van der Waals surface area contributed by atoms with Crippen LogP contribution in [-0.2, 0) is 4.74 Å². The van der Waals surface area contributed by atoms with Crippen molar-refractivity contribution in [2.45, 2.75) is 45.8 Å². The first-order chi connectivity index (χ1) is 8.33. The van der Waals surface area contributed by atoms with Crippen LogP contribution in [-0.4, -0.2) is 23.5 Å². The van der Waals surface area contributed by atoms with Crippen LogP contribution in [0.1, 0.15) is 44.5 Å². The minimum absolute atomic E-state index is 0.183. The van der Waals surface area contributed by atoms with Gasteiger partial charge in [-0.2, -0.15) is 0 Å². The molecule has 0 saturated heterocycles. The number of hydrogen-bond donors (Lipinski definition) is 1. The number of alkyl carbamates (subject to hydrolysis) is 1. The van der Waals surface area contributed by atoms with Gasteiger partial charge in [-0.05, 0) is 33.3 Å². The number of ether oxygens (including phenoxy) is 1. The van der Waals surface area contributed by atoms with E-state index in [9.17, 15) is 9.59 Å². The molecule has 5 heteroatoms. The quantitative estimate of drug-likeness (QED) is 0.838. The van der Waals surface area contributed by atoms with Crippen LogP contribution < -0.4 is 5.32 Å². The number of amides is 1. The van der Waals surface area contributed by atoms with Gasteiger partial charge in [0.2, 0.25) is 0 Å². The van der Waals surface area contributed by atoms with E-state index >= 15 is 0 Å². The first kappa shape index (κ1) is 14.3. The van der Waals surface area contributed by atoms with Crippen molar-refractivity contribution < 1.29 is 18.7 Å². The molecule has 0 radical (unpaired) electrons. The highest BCUT2D eigenvalue weighted by atomic mass is 16.6. The van der Waals surface area contributed by atoms with Crippen molar-refractivity contribution >= 4 is 11.9 Å². The number of nitrogens with one attached hydrogen (secondary N) is 1. The van der Waals surface area contributed by atoms with Gasteiger partial charge in [0.15, 0.2) is 5.78 Å². The zero-order chi connectivity index (χ0) is 13.8. The fourth-order valence-electron chi connectivity index (χ4n) is 1.41. The van der Waals surface area contributed by atoms with Crippen LogP contribution in [0.15, 0.2) is 23.0 Å². The molecule has 0 aliphatic carbocycles. The molecule has 1 heterocycles. The second-order valence-electron chi connectivity index (χ2n) is 4.98. The topological polar surface area (TPSA) is 68.5 Å². The second-order valence-corrected chi connectivity index (χ2v) is 4.98. The summed E-state index contributed by atoms with van der Waals surface area (Å²) in [4.78, 5) is 23.6. The molecule has 18 heavy (non-hydrogen) atoms. The van der Waals surface area contributed by atoms with Crippen LogP contribution in [0.2, 0.25) is 0 Å². The molecule has 1 N–H and O–H groups in total. The maximum Gasteiger partial charge on any atom is 0.408 e. The van der Waals surface area contributed by atoms with Crippen molar-refractivity contribution in [2.24, 2.45) is 0 Å². The standard InChI is InChI=1S/C13H19NO4/c1-5-10(11(15)9-6-7-17-8-9)14-12(16)18-13(2,3)4/h6-8,10H,5H2,1-4H3,(H,14,16)/t10-/m1/s1. The lowest BCUT2D eigenvalue weighted by Gasteiger charge is -2.22. The normalized spacial score (nSPS) is 12.9. The minimum Gasteiger partial charge on any atom is -0.472 e.